The molecule has 0 fully saturated rings. The van der Waals surface area contributed by atoms with Crippen molar-refractivity contribution in [2.75, 3.05) is 12.4 Å². The van der Waals surface area contributed by atoms with E-state index in [2.05, 4.69) is 15.6 Å². The summed E-state index contributed by atoms with van der Waals surface area (Å²) in [5.74, 6) is -0.730. The van der Waals surface area contributed by atoms with Gasteiger partial charge in [0.15, 0.2) is 5.11 Å². The van der Waals surface area contributed by atoms with E-state index in [9.17, 15) is 9.59 Å². The second-order valence-corrected chi connectivity index (χ2v) is 7.78. The summed E-state index contributed by atoms with van der Waals surface area (Å²) in [5.41, 5.74) is 2.00. The van der Waals surface area contributed by atoms with Gasteiger partial charge in [0.25, 0.3) is 5.91 Å². The molecule has 3 rings (SSSR count). The number of thiophene rings is 1. The standard InChI is InChI=1S/C19H21N3O3S2/c1-25-18(24)15-13-8-4-2-3-5-9-14(13)27-17(15)22-19(26)21-16(23)12-7-6-10-20-11-12/h6-7,10-11H,2-5,8-9H2,1H3,(H2,21,22,23,26). The fraction of sp³-hybridized carbons (Fsp3) is 0.368. The molecule has 142 valence electrons. The number of fused-ring (bicyclic) bond motifs is 1. The molecular weight excluding hydrogens is 382 g/mol. The predicted molar refractivity (Wildman–Crippen MR) is 109 cm³/mol. The Morgan fingerprint density at radius 1 is 1.22 bits per heavy atom. The molecule has 0 bridgehead atoms. The molecule has 1 aliphatic carbocycles. The molecule has 2 N–H and O–H groups in total. The number of methoxy groups -OCH3 is 1. The molecule has 0 unspecified atom stereocenters. The number of esters is 1. The van der Waals surface area contributed by atoms with Gasteiger partial charge in [0.1, 0.15) is 5.00 Å². The number of amides is 1. The van der Waals surface area contributed by atoms with Gasteiger partial charge in [-0.25, -0.2) is 4.79 Å². The largest absolute Gasteiger partial charge is 0.465 e. The minimum absolute atomic E-state index is 0.142. The molecule has 27 heavy (non-hydrogen) atoms. The van der Waals surface area contributed by atoms with Crippen LogP contribution in [0.25, 0.3) is 0 Å². The number of carbonyl (C=O) groups excluding carboxylic acids is 2. The number of aryl methyl sites for hydroxylation is 1. The Morgan fingerprint density at radius 2 is 2.00 bits per heavy atom. The van der Waals surface area contributed by atoms with Crippen molar-refractivity contribution in [3.63, 3.8) is 0 Å². The Hall–Kier alpha value is -2.32. The van der Waals surface area contributed by atoms with Crippen molar-refractivity contribution in [3.05, 3.63) is 46.1 Å². The molecule has 1 amide bonds. The highest BCUT2D eigenvalue weighted by molar-refractivity contribution is 7.80. The van der Waals surface area contributed by atoms with E-state index < -0.39 is 0 Å². The summed E-state index contributed by atoms with van der Waals surface area (Å²) >= 11 is 6.80. The van der Waals surface area contributed by atoms with E-state index in [0.717, 1.165) is 37.7 Å². The van der Waals surface area contributed by atoms with Crippen molar-refractivity contribution in [1.82, 2.24) is 10.3 Å². The monoisotopic (exact) mass is 403 g/mol. The molecule has 0 atom stereocenters. The molecule has 0 spiro atoms. The highest BCUT2D eigenvalue weighted by Crippen LogP contribution is 2.37. The molecule has 0 aliphatic heterocycles. The number of nitrogens with one attached hydrogen (secondary N) is 2. The molecular formula is C19H21N3O3S2. The van der Waals surface area contributed by atoms with Gasteiger partial charge < -0.3 is 10.1 Å². The first-order valence-electron chi connectivity index (χ1n) is 8.85. The Morgan fingerprint density at radius 3 is 2.70 bits per heavy atom. The quantitative estimate of drug-likeness (QED) is 0.601. The second kappa shape index (κ2) is 9.05. The zero-order chi connectivity index (χ0) is 19.2. The van der Waals surface area contributed by atoms with Crippen molar-refractivity contribution in [2.24, 2.45) is 0 Å². The highest BCUT2D eigenvalue weighted by atomic mass is 32.1. The number of anilines is 1. The normalized spacial score (nSPS) is 13.7. The molecule has 2 aromatic rings. The van der Waals surface area contributed by atoms with E-state index in [0.29, 0.717) is 16.1 Å². The van der Waals surface area contributed by atoms with Gasteiger partial charge in [-0.3, -0.25) is 15.1 Å². The van der Waals surface area contributed by atoms with Crippen LogP contribution in [-0.4, -0.2) is 29.1 Å². The van der Waals surface area contributed by atoms with Crippen LogP contribution in [-0.2, 0) is 17.6 Å². The Labute approximate surface area is 167 Å². The van der Waals surface area contributed by atoms with Gasteiger partial charge in [-0.2, -0.15) is 0 Å². The molecule has 0 saturated carbocycles. The van der Waals surface area contributed by atoms with Crippen LogP contribution >= 0.6 is 23.6 Å². The molecule has 6 nitrogen and oxygen atoms in total. The van der Waals surface area contributed by atoms with Crippen molar-refractivity contribution >= 4 is 45.5 Å². The summed E-state index contributed by atoms with van der Waals surface area (Å²) in [4.78, 5) is 29.8. The van der Waals surface area contributed by atoms with Crippen molar-refractivity contribution in [1.29, 1.82) is 0 Å². The van der Waals surface area contributed by atoms with Crippen LogP contribution in [0.4, 0.5) is 5.00 Å². The Bertz CT molecular complexity index is 849. The maximum Gasteiger partial charge on any atom is 0.341 e. The number of rotatable bonds is 3. The fourth-order valence-electron chi connectivity index (χ4n) is 3.13. The fourth-order valence-corrected chi connectivity index (χ4v) is 4.67. The topological polar surface area (TPSA) is 80.3 Å². The molecule has 2 heterocycles. The predicted octanol–water partition coefficient (Wildman–Crippen LogP) is 3.72. The number of aromatic nitrogens is 1. The van der Waals surface area contributed by atoms with Crippen LogP contribution in [0.15, 0.2) is 24.5 Å². The average molecular weight is 404 g/mol. The minimum atomic E-state index is -0.378. The third-order valence-corrected chi connectivity index (χ3v) is 5.85. The summed E-state index contributed by atoms with van der Waals surface area (Å²) in [7, 11) is 1.38. The zero-order valence-electron chi connectivity index (χ0n) is 15.0. The van der Waals surface area contributed by atoms with E-state index in [-0.39, 0.29) is 17.0 Å². The van der Waals surface area contributed by atoms with E-state index in [1.807, 2.05) is 0 Å². The number of hydrogen-bond acceptors (Lipinski definition) is 6. The number of thiocarbonyl (C=S) groups is 1. The van der Waals surface area contributed by atoms with Crippen LogP contribution in [0.5, 0.6) is 0 Å². The van der Waals surface area contributed by atoms with Crippen molar-refractivity contribution in [3.8, 4) is 0 Å². The molecule has 1 aliphatic rings. The zero-order valence-corrected chi connectivity index (χ0v) is 16.7. The first-order valence-corrected chi connectivity index (χ1v) is 10.1. The number of nitrogens with zero attached hydrogens (tertiary/aromatic N) is 1. The molecule has 0 saturated heterocycles. The minimum Gasteiger partial charge on any atom is -0.465 e. The lowest BCUT2D eigenvalue weighted by molar-refractivity contribution is 0.0601. The smallest absolute Gasteiger partial charge is 0.341 e. The van der Waals surface area contributed by atoms with Crippen LogP contribution in [0.3, 0.4) is 0 Å². The summed E-state index contributed by atoms with van der Waals surface area (Å²) in [6.45, 7) is 0. The maximum absolute atomic E-state index is 12.4. The van der Waals surface area contributed by atoms with E-state index >= 15 is 0 Å². The second-order valence-electron chi connectivity index (χ2n) is 6.26. The third-order valence-electron chi connectivity index (χ3n) is 4.44. The van der Waals surface area contributed by atoms with Gasteiger partial charge in [-0.15, -0.1) is 11.3 Å². The van der Waals surface area contributed by atoms with Crippen molar-refractivity contribution < 1.29 is 14.3 Å². The molecule has 8 heteroatoms. The SMILES string of the molecule is COC(=O)c1c(NC(=S)NC(=O)c2cccnc2)sc2c1CCCCCC2. The van der Waals surface area contributed by atoms with E-state index in [1.165, 1.54) is 35.9 Å². The summed E-state index contributed by atoms with van der Waals surface area (Å²) in [6.07, 6.45) is 9.38. The maximum atomic E-state index is 12.4. The van der Waals surface area contributed by atoms with E-state index in [1.54, 1.807) is 18.3 Å². The number of pyridine rings is 1. The number of carbonyl (C=O) groups is 2. The van der Waals surface area contributed by atoms with Crippen LogP contribution in [0.1, 0.15) is 56.8 Å². The first kappa shape index (κ1) is 19.4. The van der Waals surface area contributed by atoms with Crippen LogP contribution in [0.2, 0.25) is 0 Å². The van der Waals surface area contributed by atoms with E-state index in [4.69, 9.17) is 17.0 Å². The lowest BCUT2D eigenvalue weighted by atomic mass is 9.96. The number of ether oxygens (including phenoxy) is 1. The van der Waals surface area contributed by atoms with Gasteiger partial charge >= 0.3 is 5.97 Å². The van der Waals surface area contributed by atoms with Gasteiger partial charge in [-0.05, 0) is 55.6 Å². The Balaban J connectivity index is 1.81. The summed E-state index contributed by atoms with van der Waals surface area (Å²) in [5, 5.41) is 6.42. The first-order chi connectivity index (χ1) is 13.1. The highest BCUT2D eigenvalue weighted by Gasteiger charge is 2.25. The van der Waals surface area contributed by atoms with Gasteiger partial charge in [0.05, 0.1) is 18.2 Å². The van der Waals surface area contributed by atoms with Crippen LogP contribution < -0.4 is 10.6 Å². The van der Waals surface area contributed by atoms with Gasteiger partial charge in [-0.1, -0.05) is 12.8 Å². The third kappa shape index (κ3) is 4.70. The van der Waals surface area contributed by atoms with Crippen molar-refractivity contribution in [2.45, 2.75) is 38.5 Å². The summed E-state index contributed by atoms with van der Waals surface area (Å²) < 4.78 is 4.99. The summed E-state index contributed by atoms with van der Waals surface area (Å²) in [6, 6.07) is 3.34. The number of hydrogen-bond donors (Lipinski definition) is 2. The van der Waals surface area contributed by atoms with Crippen LogP contribution in [0, 0.1) is 0 Å². The van der Waals surface area contributed by atoms with Gasteiger partial charge in [0.2, 0.25) is 0 Å². The van der Waals surface area contributed by atoms with Gasteiger partial charge in [0, 0.05) is 17.3 Å². The average Bonchev–Trinajstić information content (AvgIpc) is 2.97. The lowest BCUT2D eigenvalue weighted by Gasteiger charge is -2.11. The molecule has 0 radical (unpaired) electrons. The molecule has 0 aromatic carbocycles. The molecule has 2 aromatic heterocycles. The Kier molecular flexibility index (Phi) is 6.52. The lowest BCUT2D eigenvalue weighted by Crippen LogP contribution is -2.34.